The van der Waals surface area contributed by atoms with E-state index in [4.69, 9.17) is 0 Å². The van der Waals surface area contributed by atoms with Crippen LogP contribution in [0.1, 0.15) is 137 Å². The number of rotatable bonds is 19. The largest absolute Gasteiger partial charge is 0.481 e. The highest BCUT2D eigenvalue weighted by Gasteiger charge is 2.43. The van der Waals surface area contributed by atoms with Crippen LogP contribution in [-0.4, -0.2) is 11.1 Å². The minimum atomic E-state index is -0.503. The highest BCUT2D eigenvalue weighted by molar-refractivity contribution is 5.75. The van der Waals surface area contributed by atoms with E-state index in [9.17, 15) is 9.90 Å². The van der Waals surface area contributed by atoms with Crippen molar-refractivity contribution in [3.63, 3.8) is 0 Å². The summed E-state index contributed by atoms with van der Waals surface area (Å²) in [4.78, 5) is 12.5. The summed E-state index contributed by atoms with van der Waals surface area (Å²) in [6.45, 7) is 8.89. The molecule has 0 radical (unpaired) electrons. The summed E-state index contributed by atoms with van der Waals surface area (Å²) < 4.78 is 0. The van der Waals surface area contributed by atoms with Gasteiger partial charge in [0.15, 0.2) is 0 Å². The lowest BCUT2D eigenvalue weighted by Crippen LogP contribution is -2.39. The van der Waals surface area contributed by atoms with Gasteiger partial charge in [0.1, 0.15) is 0 Å². The van der Waals surface area contributed by atoms with E-state index >= 15 is 0 Å². The molecule has 2 heteroatoms. The van der Waals surface area contributed by atoms with Crippen molar-refractivity contribution in [1.82, 2.24) is 0 Å². The molecule has 156 valence electrons. The summed E-state index contributed by atoms with van der Waals surface area (Å²) in [5.74, 6) is -0.133. The van der Waals surface area contributed by atoms with Gasteiger partial charge in [0.25, 0.3) is 0 Å². The minimum absolute atomic E-state index is 0.370. The third-order valence-corrected chi connectivity index (χ3v) is 6.22. The summed E-state index contributed by atoms with van der Waals surface area (Å²) in [5.41, 5.74) is -0.469. The van der Waals surface area contributed by atoms with Gasteiger partial charge in [0.2, 0.25) is 0 Å². The van der Waals surface area contributed by atoms with E-state index in [0.717, 1.165) is 44.9 Å². The average Bonchev–Trinajstić information content (AvgIpc) is 2.63. The average molecular weight is 369 g/mol. The summed E-state index contributed by atoms with van der Waals surface area (Å²) in [6, 6.07) is 0. The van der Waals surface area contributed by atoms with Crippen LogP contribution in [0.25, 0.3) is 0 Å². The normalized spacial score (nSPS) is 14.9. The van der Waals surface area contributed by atoms with Crippen molar-refractivity contribution < 1.29 is 9.90 Å². The van der Waals surface area contributed by atoms with Crippen molar-refractivity contribution in [2.24, 2.45) is 11.3 Å². The number of carboxylic acids is 1. The van der Waals surface area contributed by atoms with E-state index in [-0.39, 0.29) is 0 Å². The molecule has 1 N–H and O–H groups in total. The fourth-order valence-corrected chi connectivity index (χ4v) is 4.42. The van der Waals surface area contributed by atoms with Crippen LogP contribution < -0.4 is 0 Å². The molecule has 0 spiro atoms. The van der Waals surface area contributed by atoms with Gasteiger partial charge in [0.05, 0.1) is 5.41 Å². The molecule has 26 heavy (non-hydrogen) atoms. The molecule has 0 heterocycles. The molecule has 0 saturated heterocycles. The Bertz CT molecular complexity index is 326. The summed E-state index contributed by atoms with van der Waals surface area (Å²) in [7, 11) is 0. The SMILES string of the molecule is CCCCCCCC(CCCC)C(CCCC)(CCCCCC)C(=O)O. The smallest absolute Gasteiger partial charge is 0.309 e. The van der Waals surface area contributed by atoms with E-state index in [0.29, 0.717) is 5.92 Å². The number of carboxylic acid groups (broad SMARTS) is 1. The summed E-state index contributed by atoms with van der Waals surface area (Å²) >= 11 is 0. The third-order valence-electron chi connectivity index (χ3n) is 6.22. The van der Waals surface area contributed by atoms with Crippen LogP contribution in [0.5, 0.6) is 0 Å². The number of carbonyl (C=O) groups is 1. The fourth-order valence-electron chi connectivity index (χ4n) is 4.42. The molecular weight excluding hydrogens is 320 g/mol. The zero-order chi connectivity index (χ0) is 19.7. The van der Waals surface area contributed by atoms with Gasteiger partial charge in [-0.25, -0.2) is 0 Å². The Balaban J connectivity index is 5.12. The van der Waals surface area contributed by atoms with Crippen LogP contribution in [-0.2, 0) is 4.79 Å². The van der Waals surface area contributed by atoms with Crippen LogP contribution in [0, 0.1) is 11.3 Å². The maximum absolute atomic E-state index is 12.5. The van der Waals surface area contributed by atoms with E-state index in [1.54, 1.807) is 0 Å². The Hall–Kier alpha value is -0.530. The Labute approximate surface area is 164 Å². The fraction of sp³-hybridized carbons (Fsp3) is 0.958. The van der Waals surface area contributed by atoms with Crippen LogP contribution >= 0.6 is 0 Å². The van der Waals surface area contributed by atoms with Crippen LogP contribution in [0.4, 0.5) is 0 Å². The van der Waals surface area contributed by atoms with E-state index in [1.165, 1.54) is 64.2 Å². The van der Waals surface area contributed by atoms with Crippen LogP contribution in [0.2, 0.25) is 0 Å². The molecule has 0 saturated carbocycles. The molecule has 0 aliphatic heterocycles. The van der Waals surface area contributed by atoms with Gasteiger partial charge in [-0.05, 0) is 31.6 Å². The van der Waals surface area contributed by atoms with Crippen molar-refractivity contribution >= 4 is 5.97 Å². The number of unbranched alkanes of at least 4 members (excludes halogenated alkanes) is 9. The standard InChI is InChI=1S/C24H48O2/c1-5-9-13-15-16-19-22(18-11-7-3)24(23(25)26,20-12-8-4)21-17-14-10-6-2/h22H,5-21H2,1-4H3,(H,25,26). The van der Waals surface area contributed by atoms with Gasteiger partial charge in [-0.1, -0.05) is 111 Å². The Morgan fingerprint density at radius 3 is 1.65 bits per heavy atom. The molecule has 0 bridgehead atoms. The molecule has 2 atom stereocenters. The Kier molecular flexibility index (Phi) is 16.3. The maximum Gasteiger partial charge on any atom is 0.309 e. The second kappa shape index (κ2) is 16.6. The second-order valence-corrected chi connectivity index (χ2v) is 8.42. The zero-order valence-electron chi connectivity index (χ0n) is 18.5. The molecule has 0 aromatic heterocycles. The van der Waals surface area contributed by atoms with Gasteiger partial charge in [0, 0.05) is 0 Å². The van der Waals surface area contributed by atoms with E-state index < -0.39 is 11.4 Å². The molecule has 2 unspecified atom stereocenters. The quantitative estimate of drug-likeness (QED) is 0.232. The first kappa shape index (κ1) is 25.5. The van der Waals surface area contributed by atoms with Crippen molar-refractivity contribution in [2.75, 3.05) is 0 Å². The molecule has 0 amide bonds. The topological polar surface area (TPSA) is 37.3 Å². The number of hydrogen-bond acceptors (Lipinski definition) is 1. The molecule has 0 aliphatic carbocycles. The maximum atomic E-state index is 12.5. The second-order valence-electron chi connectivity index (χ2n) is 8.42. The molecule has 0 aromatic carbocycles. The van der Waals surface area contributed by atoms with Gasteiger partial charge in [-0.3, -0.25) is 4.79 Å². The third kappa shape index (κ3) is 9.97. The lowest BCUT2D eigenvalue weighted by atomic mass is 9.65. The summed E-state index contributed by atoms with van der Waals surface area (Å²) in [5, 5.41) is 10.3. The predicted molar refractivity (Wildman–Crippen MR) is 115 cm³/mol. The lowest BCUT2D eigenvalue weighted by molar-refractivity contribution is -0.155. The van der Waals surface area contributed by atoms with Crippen molar-refractivity contribution in [3.05, 3.63) is 0 Å². The molecule has 0 aromatic rings. The van der Waals surface area contributed by atoms with Crippen molar-refractivity contribution in [2.45, 2.75) is 137 Å². The Morgan fingerprint density at radius 1 is 0.654 bits per heavy atom. The molecule has 0 aliphatic rings. The van der Waals surface area contributed by atoms with Gasteiger partial charge < -0.3 is 5.11 Å². The first-order valence-electron chi connectivity index (χ1n) is 11.8. The first-order valence-corrected chi connectivity index (χ1v) is 11.8. The van der Waals surface area contributed by atoms with Crippen molar-refractivity contribution in [1.29, 1.82) is 0 Å². The van der Waals surface area contributed by atoms with Crippen LogP contribution in [0.3, 0.4) is 0 Å². The highest BCUT2D eigenvalue weighted by Crippen LogP contribution is 2.44. The minimum Gasteiger partial charge on any atom is -0.481 e. The highest BCUT2D eigenvalue weighted by atomic mass is 16.4. The monoisotopic (exact) mass is 368 g/mol. The predicted octanol–water partition coefficient (Wildman–Crippen LogP) is 8.38. The molecule has 2 nitrogen and oxygen atoms in total. The van der Waals surface area contributed by atoms with E-state index in [1.807, 2.05) is 0 Å². The molecule has 0 fully saturated rings. The first-order chi connectivity index (χ1) is 12.6. The molecule has 0 rings (SSSR count). The molecular formula is C24H48O2. The van der Waals surface area contributed by atoms with Gasteiger partial charge >= 0.3 is 5.97 Å². The van der Waals surface area contributed by atoms with Crippen LogP contribution in [0.15, 0.2) is 0 Å². The zero-order valence-corrected chi connectivity index (χ0v) is 18.5. The number of hydrogen-bond donors (Lipinski definition) is 1. The number of aliphatic carboxylic acids is 1. The van der Waals surface area contributed by atoms with Gasteiger partial charge in [-0.2, -0.15) is 0 Å². The van der Waals surface area contributed by atoms with E-state index in [2.05, 4.69) is 27.7 Å². The summed E-state index contributed by atoms with van der Waals surface area (Å²) in [6.07, 6.45) is 19.6. The van der Waals surface area contributed by atoms with Gasteiger partial charge in [-0.15, -0.1) is 0 Å². The lowest BCUT2D eigenvalue weighted by Gasteiger charge is -2.38. The Morgan fingerprint density at radius 2 is 1.12 bits per heavy atom. The van der Waals surface area contributed by atoms with Crippen molar-refractivity contribution in [3.8, 4) is 0 Å².